The Morgan fingerprint density at radius 1 is 1.62 bits per heavy atom. The summed E-state index contributed by atoms with van der Waals surface area (Å²) in [5.74, 6) is -2.89. The van der Waals surface area contributed by atoms with Crippen LogP contribution in [0.15, 0.2) is 11.9 Å². The fourth-order valence-corrected chi connectivity index (χ4v) is 1.14. The van der Waals surface area contributed by atoms with Crippen LogP contribution < -0.4 is 0 Å². The molecule has 3 atom stereocenters. The molecule has 0 fully saturated rings. The number of halogens is 1. The van der Waals surface area contributed by atoms with Crippen molar-refractivity contribution in [1.82, 2.24) is 0 Å². The van der Waals surface area contributed by atoms with Crippen molar-refractivity contribution in [2.24, 2.45) is 0 Å². The number of aliphatic hydroxyl groups is 3. The average molecular weight is 192 g/mol. The number of aliphatic carboxylic acids is 1. The first kappa shape index (κ1) is 10.1. The maximum absolute atomic E-state index is 12.7. The number of rotatable bonds is 1. The Morgan fingerprint density at radius 2 is 2.15 bits per heavy atom. The smallest absolute Gasteiger partial charge is 0.339 e. The molecule has 1 aliphatic rings. The molecule has 0 heterocycles. The van der Waals surface area contributed by atoms with E-state index in [1.165, 1.54) is 0 Å². The van der Waals surface area contributed by atoms with E-state index < -0.39 is 36.0 Å². The number of hydrogen-bond acceptors (Lipinski definition) is 4. The first-order valence-corrected chi connectivity index (χ1v) is 3.57. The van der Waals surface area contributed by atoms with Crippen molar-refractivity contribution in [2.45, 2.75) is 24.2 Å². The van der Waals surface area contributed by atoms with Crippen molar-refractivity contribution in [2.75, 3.05) is 0 Å². The lowest BCUT2D eigenvalue weighted by Gasteiger charge is -2.30. The van der Waals surface area contributed by atoms with E-state index in [0.29, 0.717) is 6.08 Å². The topological polar surface area (TPSA) is 98.0 Å². The van der Waals surface area contributed by atoms with Crippen LogP contribution in [0.4, 0.5) is 4.39 Å². The Bertz CT molecular complexity index is 264. The van der Waals surface area contributed by atoms with Crippen LogP contribution in [-0.2, 0) is 4.79 Å². The van der Waals surface area contributed by atoms with Gasteiger partial charge >= 0.3 is 5.97 Å². The predicted octanol–water partition coefficient (Wildman–Crippen LogP) is -1.22. The lowest BCUT2D eigenvalue weighted by Crippen LogP contribution is -2.47. The van der Waals surface area contributed by atoms with Crippen molar-refractivity contribution >= 4 is 5.97 Å². The molecule has 0 aromatic rings. The second-order valence-electron chi connectivity index (χ2n) is 2.97. The lowest BCUT2D eigenvalue weighted by atomic mass is 9.87. The molecule has 0 amide bonds. The Labute approximate surface area is 72.7 Å². The van der Waals surface area contributed by atoms with Gasteiger partial charge in [-0.1, -0.05) is 0 Å². The summed E-state index contributed by atoms with van der Waals surface area (Å²) in [6.45, 7) is 0. The summed E-state index contributed by atoms with van der Waals surface area (Å²) in [7, 11) is 0. The normalized spacial score (nSPS) is 39.8. The van der Waals surface area contributed by atoms with E-state index >= 15 is 0 Å². The van der Waals surface area contributed by atoms with Crippen LogP contribution in [0.3, 0.4) is 0 Å². The van der Waals surface area contributed by atoms with E-state index in [1.54, 1.807) is 0 Å². The minimum atomic E-state index is -2.43. The SMILES string of the molecule is O=C(O)[C@@]1(O)C=C(F)[C@H](O)[C@@H](O)C1. The average Bonchev–Trinajstić information content (AvgIpc) is 2.00. The second-order valence-corrected chi connectivity index (χ2v) is 2.97. The molecule has 5 nitrogen and oxygen atoms in total. The van der Waals surface area contributed by atoms with Gasteiger partial charge in [0.1, 0.15) is 11.9 Å². The largest absolute Gasteiger partial charge is 0.479 e. The van der Waals surface area contributed by atoms with Gasteiger partial charge in [-0.2, -0.15) is 0 Å². The summed E-state index contributed by atoms with van der Waals surface area (Å²) in [5.41, 5.74) is -2.43. The second kappa shape index (κ2) is 3.06. The van der Waals surface area contributed by atoms with Gasteiger partial charge in [0.15, 0.2) is 5.60 Å². The standard InChI is InChI=1S/C7H9FO5/c8-3-1-7(13,6(11)12)2-4(9)5(3)10/h1,4-5,9-10,13H,2H2,(H,11,12)/t4-,5-,7+/m0/s1. The molecule has 74 valence electrons. The Hall–Kier alpha value is -0.980. The molecule has 4 N–H and O–H groups in total. The van der Waals surface area contributed by atoms with Crippen LogP contribution in [0.25, 0.3) is 0 Å². The monoisotopic (exact) mass is 192 g/mol. The van der Waals surface area contributed by atoms with Crippen LogP contribution in [-0.4, -0.2) is 44.2 Å². The van der Waals surface area contributed by atoms with Crippen molar-refractivity contribution in [3.63, 3.8) is 0 Å². The highest BCUT2D eigenvalue weighted by molar-refractivity contribution is 5.80. The quantitative estimate of drug-likeness (QED) is 0.417. The molecule has 0 saturated carbocycles. The summed E-state index contributed by atoms with van der Waals surface area (Å²) in [6, 6.07) is 0. The highest BCUT2D eigenvalue weighted by atomic mass is 19.1. The minimum Gasteiger partial charge on any atom is -0.479 e. The van der Waals surface area contributed by atoms with E-state index in [4.69, 9.17) is 15.3 Å². The predicted molar refractivity (Wildman–Crippen MR) is 38.4 cm³/mol. The number of hydrogen-bond donors (Lipinski definition) is 4. The molecule has 1 aliphatic carbocycles. The van der Waals surface area contributed by atoms with Gasteiger partial charge in [0.05, 0.1) is 6.10 Å². The molecule has 0 radical (unpaired) electrons. The third-order valence-electron chi connectivity index (χ3n) is 1.91. The van der Waals surface area contributed by atoms with Gasteiger partial charge in [-0.25, -0.2) is 9.18 Å². The Morgan fingerprint density at radius 3 is 2.54 bits per heavy atom. The zero-order valence-electron chi connectivity index (χ0n) is 6.51. The molecule has 0 spiro atoms. The van der Waals surface area contributed by atoms with Gasteiger partial charge in [0, 0.05) is 6.42 Å². The van der Waals surface area contributed by atoms with Gasteiger partial charge in [-0.3, -0.25) is 0 Å². The molecule has 6 heteroatoms. The number of carbonyl (C=O) groups is 1. The van der Waals surface area contributed by atoms with Crippen LogP contribution >= 0.6 is 0 Å². The molecular formula is C7H9FO5. The molecule has 0 aromatic carbocycles. The minimum absolute atomic E-state index is 0.396. The van der Waals surface area contributed by atoms with E-state index in [-0.39, 0.29) is 0 Å². The molecule has 0 aromatic heterocycles. The van der Waals surface area contributed by atoms with Crippen LogP contribution in [0.2, 0.25) is 0 Å². The summed E-state index contributed by atoms with van der Waals surface area (Å²) in [4.78, 5) is 10.4. The maximum Gasteiger partial charge on any atom is 0.339 e. The zero-order chi connectivity index (χ0) is 10.2. The Kier molecular flexibility index (Phi) is 2.38. The maximum atomic E-state index is 12.7. The van der Waals surface area contributed by atoms with Crippen LogP contribution in [0.1, 0.15) is 6.42 Å². The molecule has 13 heavy (non-hydrogen) atoms. The highest BCUT2D eigenvalue weighted by Crippen LogP contribution is 2.28. The molecule has 0 saturated heterocycles. The van der Waals surface area contributed by atoms with Crippen molar-refractivity contribution in [3.05, 3.63) is 11.9 Å². The molecule has 0 unspecified atom stereocenters. The number of carboxylic acids is 1. The van der Waals surface area contributed by atoms with Gasteiger partial charge < -0.3 is 20.4 Å². The fraction of sp³-hybridized carbons (Fsp3) is 0.571. The molecule has 1 rings (SSSR count). The highest BCUT2D eigenvalue weighted by Gasteiger charge is 2.44. The summed E-state index contributed by atoms with van der Waals surface area (Å²) in [6.07, 6.45) is -3.59. The first-order valence-electron chi connectivity index (χ1n) is 3.57. The number of carboxylic acid groups (broad SMARTS) is 1. The Balaban J connectivity index is 3.00. The molecule has 0 aliphatic heterocycles. The molecular weight excluding hydrogens is 183 g/mol. The van der Waals surface area contributed by atoms with E-state index in [2.05, 4.69) is 0 Å². The third-order valence-corrected chi connectivity index (χ3v) is 1.91. The number of aliphatic hydroxyl groups excluding tert-OH is 2. The van der Waals surface area contributed by atoms with Gasteiger partial charge in [-0.15, -0.1) is 0 Å². The third kappa shape index (κ3) is 1.69. The van der Waals surface area contributed by atoms with E-state index in [0.717, 1.165) is 0 Å². The van der Waals surface area contributed by atoms with Gasteiger partial charge in [-0.05, 0) is 6.08 Å². The van der Waals surface area contributed by atoms with Crippen molar-refractivity contribution in [1.29, 1.82) is 0 Å². The van der Waals surface area contributed by atoms with Gasteiger partial charge in [0.25, 0.3) is 0 Å². The fourth-order valence-electron chi connectivity index (χ4n) is 1.14. The van der Waals surface area contributed by atoms with Crippen molar-refractivity contribution < 1.29 is 29.6 Å². The van der Waals surface area contributed by atoms with E-state index in [9.17, 15) is 14.3 Å². The first-order chi connectivity index (χ1) is 5.87. The zero-order valence-corrected chi connectivity index (χ0v) is 6.51. The van der Waals surface area contributed by atoms with Crippen molar-refractivity contribution in [3.8, 4) is 0 Å². The lowest BCUT2D eigenvalue weighted by molar-refractivity contribution is -0.159. The molecule has 0 bridgehead atoms. The summed E-state index contributed by atoms with van der Waals surface area (Å²) >= 11 is 0. The summed E-state index contributed by atoms with van der Waals surface area (Å²) < 4.78 is 12.7. The van der Waals surface area contributed by atoms with Crippen LogP contribution in [0.5, 0.6) is 0 Å². The summed E-state index contributed by atoms with van der Waals surface area (Å²) in [5, 5.41) is 35.5. The van der Waals surface area contributed by atoms with E-state index in [1.807, 2.05) is 0 Å². The van der Waals surface area contributed by atoms with Crippen LogP contribution in [0, 0.1) is 0 Å². The van der Waals surface area contributed by atoms with Gasteiger partial charge in [0.2, 0.25) is 0 Å².